The van der Waals surface area contributed by atoms with Crippen LogP contribution in [0.5, 0.6) is 0 Å². The zero-order valence-electron chi connectivity index (χ0n) is 10.4. The molecular weight excluding hydrogens is 254 g/mol. The average Bonchev–Trinajstić information content (AvgIpc) is 2.68. The minimum Gasteiger partial charge on any atom is -0.465 e. The van der Waals surface area contributed by atoms with E-state index in [9.17, 15) is 9.18 Å². The number of rotatable bonds is 2. The monoisotopic (exact) mass is 270 g/mol. The molecule has 2 unspecified atom stereocenters. The van der Waals surface area contributed by atoms with E-state index in [2.05, 4.69) is 14.2 Å². The Labute approximate surface area is 108 Å². The number of halogens is 1. The van der Waals surface area contributed by atoms with Crippen LogP contribution < -0.4 is 4.90 Å². The standard InChI is InChI=1S/C12H16FN2O2P/c1-8-3-5-14-10(9(8)11(16)17-2)15-6-4-12(13,18)7-15/h3,5H,4,6-7,18H2,1-2H3. The van der Waals surface area contributed by atoms with Gasteiger partial charge in [-0.2, -0.15) is 0 Å². The fourth-order valence-corrected chi connectivity index (χ4v) is 2.46. The summed E-state index contributed by atoms with van der Waals surface area (Å²) in [5.74, 6) is 0.0690. The molecule has 1 aromatic rings. The van der Waals surface area contributed by atoms with Crippen molar-refractivity contribution in [3.05, 3.63) is 23.4 Å². The molecule has 4 nitrogen and oxygen atoms in total. The molecule has 1 aliphatic rings. The van der Waals surface area contributed by atoms with E-state index >= 15 is 0 Å². The second kappa shape index (κ2) is 4.81. The number of esters is 1. The molecule has 2 rings (SSSR count). The highest BCUT2D eigenvalue weighted by molar-refractivity contribution is 7.18. The number of ether oxygens (including phenoxy) is 1. The molecule has 0 spiro atoms. The van der Waals surface area contributed by atoms with Gasteiger partial charge in [-0.25, -0.2) is 14.2 Å². The Morgan fingerprint density at radius 3 is 2.94 bits per heavy atom. The van der Waals surface area contributed by atoms with Crippen LogP contribution >= 0.6 is 9.24 Å². The number of carbonyl (C=O) groups excluding carboxylic acids is 1. The third kappa shape index (κ3) is 2.46. The number of anilines is 1. The van der Waals surface area contributed by atoms with E-state index in [0.29, 0.717) is 24.3 Å². The van der Waals surface area contributed by atoms with E-state index in [4.69, 9.17) is 4.74 Å². The van der Waals surface area contributed by atoms with Gasteiger partial charge >= 0.3 is 5.97 Å². The van der Waals surface area contributed by atoms with Gasteiger partial charge in [0.25, 0.3) is 0 Å². The molecule has 1 aliphatic heterocycles. The van der Waals surface area contributed by atoms with Crippen LogP contribution in [-0.4, -0.2) is 36.6 Å². The summed E-state index contributed by atoms with van der Waals surface area (Å²) in [7, 11) is 3.55. The van der Waals surface area contributed by atoms with Crippen molar-refractivity contribution in [1.29, 1.82) is 0 Å². The van der Waals surface area contributed by atoms with Crippen LogP contribution in [0, 0.1) is 6.92 Å². The Morgan fingerprint density at radius 2 is 2.39 bits per heavy atom. The van der Waals surface area contributed by atoms with Crippen LogP contribution in [0.1, 0.15) is 22.3 Å². The van der Waals surface area contributed by atoms with E-state index in [1.165, 1.54) is 7.11 Å². The first-order chi connectivity index (χ1) is 8.44. The van der Waals surface area contributed by atoms with Crippen molar-refractivity contribution < 1.29 is 13.9 Å². The third-order valence-corrected chi connectivity index (χ3v) is 3.55. The van der Waals surface area contributed by atoms with Gasteiger partial charge in [0.15, 0.2) is 0 Å². The summed E-state index contributed by atoms with van der Waals surface area (Å²) >= 11 is 0. The lowest BCUT2D eigenvalue weighted by Gasteiger charge is -2.21. The van der Waals surface area contributed by atoms with Gasteiger partial charge in [-0.15, -0.1) is 0 Å². The van der Waals surface area contributed by atoms with Crippen molar-refractivity contribution in [1.82, 2.24) is 4.98 Å². The Balaban J connectivity index is 2.39. The number of aromatic nitrogens is 1. The summed E-state index contributed by atoms with van der Waals surface area (Å²) in [6, 6.07) is 1.75. The topological polar surface area (TPSA) is 42.4 Å². The average molecular weight is 270 g/mol. The molecule has 0 bridgehead atoms. The largest absolute Gasteiger partial charge is 0.465 e. The van der Waals surface area contributed by atoms with Gasteiger partial charge < -0.3 is 9.64 Å². The number of hydrogen-bond donors (Lipinski definition) is 0. The summed E-state index contributed by atoms with van der Waals surface area (Å²) in [4.78, 5) is 17.8. The summed E-state index contributed by atoms with van der Waals surface area (Å²) in [6.07, 6.45) is 2.03. The first-order valence-corrected chi connectivity index (χ1v) is 6.29. The van der Waals surface area contributed by atoms with E-state index < -0.39 is 11.4 Å². The number of pyridine rings is 1. The number of aryl methyl sites for hydroxylation is 1. The van der Waals surface area contributed by atoms with Gasteiger partial charge in [-0.3, -0.25) is 0 Å². The normalized spacial score (nSPS) is 23.2. The van der Waals surface area contributed by atoms with Crippen LogP contribution in [0.2, 0.25) is 0 Å². The van der Waals surface area contributed by atoms with E-state index in [-0.39, 0.29) is 6.54 Å². The zero-order valence-corrected chi connectivity index (χ0v) is 11.6. The number of nitrogens with zero attached hydrogens (tertiary/aromatic N) is 2. The lowest BCUT2D eigenvalue weighted by Crippen LogP contribution is -2.27. The fourth-order valence-electron chi connectivity index (χ4n) is 2.12. The van der Waals surface area contributed by atoms with E-state index in [1.54, 1.807) is 17.2 Å². The van der Waals surface area contributed by atoms with Crippen molar-refractivity contribution in [2.75, 3.05) is 25.1 Å². The molecule has 6 heteroatoms. The number of carbonyl (C=O) groups is 1. The number of alkyl halides is 1. The van der Waals surface area contributed by atoms with Gasteiger partial charge in [-0.1, -0.05) is 9.24 Å². The van der Waals surface area contributed by atoms with Gasteiger partial charge in [-0.05, 0) is 18.6 Å². The van der Waals surface area contributed by atoms with Gasteiger partial charge in [0.2, 0.25) is 0 Å². The van der Waals surface area contributed by atoms with E-state index in [1.807, 2.05) is 6.92 Å². The van der Waals surface area contributed by atoms with Crippen molar-refractivity contribution in [3.63, 3.8) is 0 Å². The molecule has 1 fully saturated rings. The molecule has 98 valence electrons. The molecule has 2 atom stereocenters. The van der Waals surface area contributed by atoms with Crippen molar-refractivity contribution in [3.8, 4) is 0 Å². The second-order valence-corrected chi connectivity index (χ2v) is 5.56. The van der Waals surface area contributed by atoms with Crippen LogP contribution in [0.3, 0.4) is 0 Å². The smallest absolute Gasteiger partial charge is 0.341 e. The molecule has 2 heterocycles. The SMILES string of the molecule is COC(=O)c1c(C)ccnc1N1CCC(F)(P)C1. The maximum Gasteiger partial charge on any atom is 0.341 e. The minimum atomic E-state index is -1.31. The molecule has 0 aliphatic carbocycles. The maximum absolute atomic E-state index is 13.8. The molecule has 0 saturated carbocycles. The Hall–Kier alpha value is -1.22. The Kier molecular flexibility index (Phi) is 3.53. The summed E-state index contributed by atoms with van der Waals surface area (Å²) in [5, 5.41) is -1.31. The molecule has 0 aromatic carbocycles. The Morgan fingerprint density at radius 1 is 1.67 bits per heavy atom. The van der Waals surface area contributed by atoms with Crippen molar-refractivity contribution in [2.24, 2.45) is 0 Å². The van der Waals surface area contributed by atoms with Crippen molar-refractivity contribution >= 4 is 21.0 Å². The fraction of sp³-hybridized carbons (Fsp3) is 0.500. The predicted octanol–water partition coefficient (Wildman–Crippen LogP) is 1.93. The summed E-state index contributed by atoms with van der Waals surface area (Å²) in [6.45, 7) is 2.58. The second-order valence-electron chi connectivity index (χ2n) is 4.52. The highest BCUT2D eigenvalue weighted by atomic mass is 31.0. The van der Waals surface area contributed by atoms with Gasteiger partial charge in [0, 0.05) is 19.2 Å². The summed E-state index contributed by atoms with van der Waals surface area (Å²) < 4.78 is 18.6. The van der Waals surface area contributed by atoms with E-state index in [0.717, 1.165) is 5.56 Å². The highest BCUT2D eigenvalue weighted by Gasteiger charge is 2.36. The molecular formula is C12H16FN2O2P. The maximum atomic E-state index is 13.8. The van der Waals surface area contributed by atoms with Crippen LogP contribution in [-0.2, 0) is 4.74 Å². The molecule has 0 radical (unpaired) electrons. The lowest BCUT2D eigenvalue weighted by atomic mass is 10.1. The molecule has 1 aromatic heterocycles. The third-order valence-electron chi connectivity index (χ3n) is 3.08. The quantitative estimate of drug-likeness (QED) is 0.608. The molecule has 1 saturated heterocycles. The van der Waals surface area contributed by atoms with Crippen molar-refractivity contribution in [2.45, 2.75) is 18.8 Å². The highest BCUT2D eigenvalue weighted by Crippen LogP contribution is 2.35. The minimum absolute atomic E-state index is 0.220. The first-order valence-electron chi connectivity index (χ1n) is 5.71. The lowest BCUT2D eigenvalue weighted by molar-refractivity contribution is 0.0600. The molecule has 0 N–H and O–H groups in total. The zero-order chi connectivity index (χ0) is 13.3. The van der Waals surface area contributed by atoms with Gasteiger partial charge in [0.05, 0.1) is 13.7 Å². The summed E-state index contributed by atoms with van der Waals surface area (Å²) in [5.41, 5.74) is 1.20. The van der Waals surface area contributed by atoms with Crippen LogP contribution in [0.4, 0.5) is 10.2 Å². The van der Waals surface area contributed by atoms with Crippen LogP contribution in [0.25, 0.3) is 0 Å². The number of methoxy groups -OCH3 is 1. The first kappa shape index (κ1) is 13.2. The predicted molar refractivity (Wildman–Crippen MR) is 70.7 cm³/mol. The molecule has 0 amide bonds. The number of hydrogen-bond acceptors (Lipinski definition) is 4. The Bertz CT molecular complexity index is 479. The van der Waals surface area contributed by atoms with Crippen LogP contribution in [0.15, 0.2) is 12.3 Å². The van der Waals surface area contributed by atoms with Gasteiger partial charge in [0.1, 0.15) is 16.8 Å². The molecule has 18 heavy (non-hydrogen) atoms.